The molecule has 1 aromatic rings. The van der Waals surface area contributed by atoms with Crippen molar-refractivity contribution in [3.8, 4) is 0 Å². The topological polar surface area (TPSA) is 29.3 Å². The van der Waals surface area contributed by atoms with E-state index in [0.717, 1.165) is 13.0 Å². The largest absolute Gasteiger partial charge is 0.326 e. The number of rotatable bonds is 3. The van der Waals surface area contributed by atoms with Gasteiger partial charge in [-0.05, 0) is 44.3 Å². The maximum atomic E-state index is 6.25. The van der Waals surface area contributed by atoms with E-state index in [1.54, 1.807) is 0 Å². The number of hydrogen-bond donors (Lipinski definition) is 1. The fourth-order valence-electron chi connectivity index (χ4n) is 2.94. The molecule has 17 heavy (non-hydrogen) atoms. The SMILES string of the molecule is CCN(C)C1CC(c2ccccc2)CCC1N. The summed E-state index contributed by atoms with van der Waals surface area (Å²) in [6.07, 6.45) is 3.59. The van der Waals surface area contributed by atoms with Gasteiger partial charge in [0.05, 0.1) is 0 Å². The first kappa shape index (κ1) is 12.6. The minimum Gasteiger partial charge on any atom is -0.326 e. The molecule has 2 rings (SSSR count). The van der Waals surface area contributed by atoms with Crippen molar-refractivity contribution in [3.05, 3.63) is 35.9 Å². The highest BCUT2D eigenvalue weighted by molar-refractivity contribution is 5.20. The molecular formula is C15H24N2. The molecule has 1 aliphatic carbocycles. The summed E-state index contributed by atoms with van der Waals surface area (Å²) in [5, 5.41) is 0. The van der Waals surface area contributed by atoms with E-state index in [-0.39, 0.29) is 0 Å². The van der Waals surface area contributed by atoms with Gasteiger partial charge in [-0.15, -0.1) is 0 Å². The third-order valence-electron chi connectivity index (χ3n) is 4.20. The molecule has 0 amide bonds. The molecule has 3 unspecified atom stereocenters. The van der Waals surface area contributed by atoms with Crippen molar-refractivity contribution in [1.29, 1.82) is 0 Å². The molecule has 0 aliphatic heterocycles. The summed E-state index contributed by atoms with van der Waals surface area (Å²) in [4.78, 5) is 2.40. The maximum absolute atomic E-state index is 6.25. The predicted molar refractivity (Wildman–Crippen MR) is 73.1 cm³/mol. The van der Waals surface area contributed by atoms with Gasteiger partial charge in [0.25, 0.3) is 0 Å². The van der Waals surface area contributed by atoms with Crippen molar-refractivity contribution >= 4 is 0 Å². The van der Waals surface area contributed by atoms with Gasteiger partial charge in [-0.1, -0.05) is 37.3 Å². The van der Waals surface area contributed by atoms with Gasteiger partial charge >= 0.3 is 0 Å². The Hall–Kier alpha value is -0.860. The van der Waals surface area contributed by atoms with E-state index in [1.165, 1.54) is 18.4 Å². The molecule has 94 valence electrons. The number of hydrogen-bond acceptors (Lipinski definition) is 2. The van der Waals surface area contributed by atoms with Crippen molar-refractivity contribution in [2.24, 2.45) is 5.73 Å². The van der Waals surface area contributed by atoms with Crippen LogP contribution < -0.4 is 5.73 Å². The molecule has 0 heterocycles. The van der Waals surface area contributed by atoms with Crippen LogP contribution in [0.15, 0.2) is 30.3 Å². The Morgan fingerprint density at radius 1 is 1.24 bits per heavy atom. The van der Waals surface area contributed by atoms with Crippen LogP contribution in [-0.4, -0.2) is 30.6 Å². The fraction of sp³-hybridized carbons (Fsp3) is 0.600. The normalized spacial score (nSPS) is 29.5. The lowest BCUT2D eigenvalue weighted by Crippen LogP contribution is -2.49. The number of nitrogens with two attached hydrogens (primary N) is 1. The third-order valence-corrected chi connectivity index (χ3v) is 4.20. The zero-order valence-corrected chi connectivity index (χ0v) is 11.0. The monoisotopic (exact) mass is 232 g/mol. The first-order valence-corrected chi connectivity index (χ1v) is 6.73. The van der Waals surface area contributed by atoms with Gasteiger partial charge in [0.1, 0.15) is 0 Å². The van der Waals surface area contributed by atoms with Crippen molar-refractivity contribution < 1.29 is 0 Å². The van der Waals surface area contributed by atoms with E-state index in [4.69, 9.17) is 5.73 Å². The molecule has 0 spiro atoms. The van der Waals surface area contributed by atoms with Gasteiger partial charge in [0.15, 0.2) is 0 Å². The summed E-state index contributed by atoms with van der Waals surface area (Å²) in [6.45, 7) is 3.29. The molecule has 1 saturated carbocycles. The van der Waals surface area contributed by atoms with Gasteiger partial charge in [-0.3, -0.25) is 0 Å². The van der Waals surface area contributed by atoms with Crippen LogP contribution >= 0.6 is 0 Å². The van der Waals surface area contributed by atoms with Crippen LogP contribution in [-0.2, 0) is 0 Å². The van der Waals surface area contributed by atoms with Gasteiger partial charge in [0, 0.05) is 12.1 Å². The average molecular weight is 232 g/mol. The highest BCUT2D eigenvalue weighted by atomic mass is 15.1. The summed E-state index contributed by atoms with van der Waals surface area (Å²) in [6, 6.07) is 11.8. The molecule has 0 aromatic heterocycles. The predicted octanol–water partition coefficient (Wildman–Crippen LogP) is 2.60. The second-order valence-electron chi connectivity index (χ2n) is 5.23. The second kappa shape index (κ2) is 5.65. The molecule has 0 radical (unpaired) electrons. The Morgan fingerprint density at radius 3 is 2.59 bits per heavy atom. The van der Waals surface area contributed by atoms with Crippen LogP contribution in [0.3, 0.4) is 0 Å². The molecule has 0 saturated heterocycles. The highest BCUT2D eigenvalue weighted by Crippen LogP contribution is 2.34. The summed E-state index contributed by atoms with van der Waals surface area (Å²) in [5.41, 5.74) is 7.73. The van der Waals surface area contributed by atoms with Gasteiger partial charge in [-0.2, -0.15) is 0 Å². The van der Waals surface area contributed by atoms with Crippen molar-refractivity contribution in [3.63, 3.8) is 0 Å². The van der Waals surface area contributed by atoms with E-state index in [9.17, 15) is 0 Å². The quantitative estimate of drug-likeness (QED) is 0.868. The van der Waals surface area contributed by atoms with E-state index in [2.05, 4.69) is 49.2 Å². The molecule has 1 aromatic carbocycles. The average Bonchev–Trinajstić information content (AvgIpc) is 2.39. The van der Waals surface area contributed by atoms with Gasteiger partial charge < -0.3 is 10.6 Å². The molecule has 2 nitrogen and oxygen atoms in total. The number of nitrogens with zero attached hydrogens (tertiary/aromatic N) is 1. The molecule has 0 bridgehead atoms. The van der Waals surface area contributed by atoms with Crippen LogP contribution in [0.1, 0.15) is 37.7 Å². The third kappa shape index (κ3) is 2.88. The Balaban J connectivity index is 2.08. The highest BCUT2D eigenvalue weighted by Gasteiger charge is 2.30. The van der Waals surface area contributed by atoms with E-state index in [1.807, 2.05) is 0 Å². The van der Waals surface area contributed by atoms with Crippen molar-refractivity contribution in [2.75, 3.05) is 13.6 Å². The van der Waals surface area contributed by atoms with Gasteiger partial charge in [-0.25, -0.2) is 0 Å². The van der Waals surface area contributed by atoms with Gasteiger partial charge in [0.2, 0.25) is 0 Å². The Kier molecular flexibility index (Phi) is 4.19. The lowest BCUT2D eigenvalue weighted by molar-refractivity contribution is 0.164. The number of likely N-dealkylation sites (N-methyl/N-ethyl adjacent to an activating group) is 1. The van der Waals surface area contributed by atoms with Crippen LogP contribution in [0, 0.1) is 0 Å². The molecule has 2 N–H and O–H groups in total. The van der Waals surface area contributed by atoms with Crippen LogP contribution in [0.2, 0.25) is 0 Å². The maximum Gasteiger partial charge on any atom is 0.0249 e. The van der Waals surface area contributed by atoms with Crippen LogP contribution in [0.25, 0.3) is 0 Å². The first-order chi connectivity index (χ1) is 8.22. The summed E-state index contributed by atoms with van der Waals surface area (Å²) < 4.78 is 0. The van der Waals surface area contributed by atoms with E-state index >= 15 is 0 Å². The zero-order valence-electron chi connectivity index (χ0n) is 11.0. The molecule has 1 fully saturated rings. The Bertz CT molecular complexity index is 332. The lowest BCUT2D eigenvalue weighted by Gasteiger charge is -2.39. The Morgan fingerprint density at radius 2 is 1.94 bits per heavy atom. The molecule has 3 atom stereocenters. The van der Waals surface area contributed by atoms with E-state index < -0.39 is 0 Å². The van der Waals surface area contributed by atoms with Crippen LogP contribution in [0.4, 0.5) is 0 Å². The van der Waals surface area contributed by atoms with E-state index in [0.29, 0.717) is 18.0 Å². The smallest absolute Gasteiger partial charge is 0.0249 e. The summed E-state index contributed by atoms with van der Waals surface area (Å²) in [7, 11) is 2.19. The Labute approximate surface area is 105 Å². The zero-order chi connectivity index (χ0) is 12.3. The standard InChI is InChI=1S/C15H24N2/c1-3-17(2)15-11-13(9-10-14(15)16)12-7-5-4-6-8-12/h4-8,13-15H,3,9-11,16H2,1-2H3. The van der Waals surface area contributed by atoms with Crippen LogP contribution in [0.5, 0.6) is 0 Å². The molecule has 2 heteroatoms. The van der Waals surface area contributed by atoms with Crippen molar-refractivity contribution in [1.82, 2.24) is 4.90 Å². The molecular weight excluding hydrogens is 208 g/mol. The molecule has 1 aliphatic rings. The minimum absolute atomic E-state index is 0.347. The second-order valence-corrected chi connectivity index (χ2v) is 5.23. The number of benzene rings is 1. The summed E-state index contributed by atoms with van der Waals surface area (Å²) in [5.74, 6) is 0.690. The minimum atomic E-state index is 0.347. The van der Waals surface area contributed by atoms with Crippen molar-refractivity contribution in [2.45, 2.75) is 44.2 Å². The first-order valence-electron chi connectivity index (χ1n) is 6.73. The lowest BCUT2D eigenvalue weighted by atomic mass is 9.78. The fourth-order valence-corrected chi connectivity index (χ4v) is 2.94. The summed E-state index contributed by atoms with van der Waals surface area (Å²) >= 11 is 0.